The highest BCUT2D eigenvalue weighted by atomic mass is 16.5. The van der Waals surface area contributed by atoms with Gasteiger partial charge in [-0.3, -0.25) is 4.79 Å². The molecule has 6 heteroatoms. The molecular weight excluding hydrogens is 322 g/mol. The zero-order valence-corrected chi connectivity index (χ0v) is 14.3. The summed E-state index contributed by atoms with van der Waals surface area (Å²) in [6, 6.07) is 11.4. The monoisotopic (exact) mass is 341 g/mol. The van der Waals surface area contributed by atoms with Gasteiger partial charge in [0.1, 0.15) is 0 Å². The molecule has 0 atom stereocenters. The Kier molecular flexibility index (Phi) is 5.89. The largest absolute Gasteiger partial charge is 0.465 e. The van der Waals surface area contributed by atoms with Crippen molar-refractivity contribution in [3.63, 3.8) is 0 Å². The lowest BCUT2D eigenvalue weighted by molar-refractivity contribution is -0.119. The lowest BCUT2D eigenvalue weighted by atomic mass is 10.1. The summed E-state index contributed by atoms with van der Waals surface area (Å²) >= 11 is 0. The summed E-state index contributed by atoms with van der Waals surface area (Å²) in [5.41, 5.74) is 3.27. The highest BCUT2D eigenvalue weighted by molar-refractivity contribution is 5.96. The van der Waals surface area contributed by atoms with Crippen LogP contribution >= 0.6 is 0 Å². The summed E-state index contributed by atoms with van der Waals surface area (Å²) in [4.78, 5) is 35.2. The summed E-state index contributed by atoms with van der Waals surface area (Å²) in [7, 11) is 1.28. The molecule has 0 saturated heterocycles. The second kappa shape index (κ2) is 8.10. The highest BCUT2D eigenvalue weighted by Gasteiger charge is 2.13. The average Bonchev–Trinajstić information content (AvgIpc) is 2.63. The third kappa shape index (κ3) is 4.67. The molecule has 0 radical (unpaired) electrons. The number of methoxy groups -OCH3 is 1. The Morgan fingerprint density at radius 2 is 1.52 bits per heavy atom. The molecule has 0 fully saturated rings. The summed E-state index contributed by atoms with van der Waals surface area (Å²) in [6.07, 6.45) is 0. The molecule has 0 aromatic heterocycles. The smallest absolute Gasteiger partial charge is 0.338 e. The molecule has 130 valence electrons. The predicted molar refractivity (Wildman–Crippen MR) is 92.6 cm³/mol. The molecule has 0 aliphatic carbocycles. The molecule has 2 aromatic carbocycles. The molecule has 0 heterocycles. The fourth-order valence-electron chi connectivity index (χ4n) is 2.15. The van der Waals surface area contributed by atoms with Crippen LogP contribution in [0, 0.1) is 13.8 Å². The van der Waals surface area contributed by atoms with Gasteiger partial charge in [0.25, 0.3) is 5.91 Å². The minimum absolute atomic E-state index is 0.243. The molecule has 2 aromatic rings. The summed E-state index contributed by atoms with van der Waals surface area (Å²) in [5.74, 6) is -1.56. The molecule has 6 nitrogen and oxygen atoms in total. The third-order valence-electron chi connectivity index (χ3n) is 3.75. The second-order valence-electron chi connectivity index (χ2n) is 5.44. The van der Waals surface area contributed by atoms with Crippen LogP contribution in [0.4, 0.5) is 5.69 Å². The van der Waals surface area contributed by atoms with Crippen molar-refractivity contribution in [1.82, 2.24) is 0 Å². The Hall–Kier alpha value is -3.15. The van der Waals surface area contributed by atoms with Gasteiger partial charge >= 0.3 is 11.9 Å². The number of anilines is 1. The number of benzene rings is 2. The minimum Gasteiger partial charge on any atom is -0.465 e. The number of ether oxygens (including phenoxy) is 2. The zero-order valence-electron chi connectivity index (χ0n) is 14.3. The molecule has 2 rings (SSSR count). The quantitative estimate of drug-likeness (QED) is 0.846. The van der Waals surface area contributed by atoms with Crippen molar-refractivity contribution in [1.29, 1.82) is 0 Å². The van der Waals surface area contributed by atoms with Crippen LogP contribution in [0.15, 0.2) is 42.5 Å². The lowest BCUT2D eigenvalue weighted by Gasteiger charge is -2.10. The Labute approximate surface area is 145 Å². The lowest BCUT2D eigenvalue weighted by Crippen LogP contribution is -2.21. The van der Waals surface area contributed by atoms with Crippen LogP contribution in [0.3, 0.4) is 0 Å². The third-order valence-corrected chi connectivity index (χ3v) is 3.75. The summed E-state index contributed by atoms with van der Waals surface area (Å²) in [6.45, 7) is 3.45. The average molecular weight is 341 g/mol. The van der Waals surface area contributed by atoms with Crippen LogP contribution in [0.25, 0.3) is 0 Å². The number of nitrogens with one attached hydrogen (secondary N) is 1. The van der Waals surface area contributed by atoms with Gasteiger partial charge in [0.2, 0.25) is 0 Å². The normalized spacial score (nSPS) is 10.0. The van der Waals surface area contributed by atoms with E-state index in [-0.39, 0.29) is 5.56 Å². The van der Waals surface area contributed by atoms with Crippen molar-refractivity contribution >= 4 is 23.5 Å². The van der Waals surface area contributed by atoms with Gasteiger partial charge in [-0.05, 0) is 55.3 Å². The molecule has 0 bridgehead atoms. The van der Waals surface area contributed by atoms with Gasteiger partial charge in [0.15, 0.2) is 6.61 Å². The molecule has 0 saturated carbocycles. The van der Waals surface area contributed by atoms with Crippen molar-refractivity contribution < 1.29 is 23.9 Å². The fourth-order valence-corrected chi connectivity index (χ4v) is 2.15. The van der Waals surface area contributed by atoms with Crippen molar-refractivity contribution in [2.45, 2.75) is 13.8 Å². The Morgan fingerprint density at radius 3 is 2.12 bits per heavy atom. The Balaban J connectivity index is 1.92. The first-order valence-electron chi connectivity index (χ1n) is 7.64. The number of aryl methyl sites for hydroxylation is 1. The number of carbonyl (C=O) groups is 3. The number of rotatable bonds is 5. The van der Waals surface area contributed by atoms with Gasteiger partial charge in [0.05, 0.1) is 18.2 Å². The van der Waals surface area contributed by atoms with Crippen LogP contribution in [-0.4, -0.2) is 31.6 Å². The first kappa shape index (κ1) is 18.2. The SMILES string of the molecule is COC(=O)c1ccc(C(=O)OCC(=O)Nc2cccc(C)c2C)cc1. The van der Waals surface area contributed by atoms with E-state index in [2.05, 4.69) is 10.1 Å². The summed E-state index contributed by atoms with van der Waals surface area (Å²) < 4.78 is 9.57. The molecule has 25 heavy (non-hydrogen) atoms. The van der Waals surface area contributed by atoms with Gasteiger partial charge in [-0.15, -0.1) is 0 Å². The molecule has 0 spiro atoms. The summed E-state index contributed by atoms with van der Waals surface area (Å²) in [5, 5.41) is 2.71. The Bertz CT molecular complexity index is 796. The second-order valence-corrected chi connectivity index (χ2v) is 5.44. The van der Waals surface area contributed by atoms with E-state index in [1.54, 1.807) is 6.07 Å². The highest BCUT2D eigenvalue weighted by Crippen LogP contribution is 2.17. The molecular formula is C19H19NO5. The van der Waals surface area contributed by atoms with Crippen molar-refractivity contribution in [3.05, 3.63) is 64.7 Å². The van der Waals surface area contributed by atoms with Gasteiger partial charge in [-0.1, -0.05) is 12.1 Å². The van der Waals surface area contributed by atoms with E-state index in [0.29, 0.717) is 11.3 Å². The van der Waals surface area contributed by atoms with E-state index in [4.69, 9.17) is 4.74 Å². The maximum atomic E-state index is 12.0. The maximum Gasteiger partial charge on any atom is 0.338 e. The van der Waals surface area contributed by atoms with Crippen LogP contribution in [0.5, 0.6) is 0 Å². The first-order valence-corrected chi connectivity index (χ1v) is 7.64. The van der Waals surface area contributed by atoms with Gasteiger partial charge in [-0.2, -0.15) is 0 Å². The van der Waals surface area contributed by atoms with Crippen LogP contribution in [-0.2, 0) is 14.3 Å². The predicted octanol–water partition coefficient (Wildman–Crippen LogP) is 2.89. The fraction of sp³-hybridized carbons (Fsp3) is 0.211. The molecule has 0 unspecified atom stereocenters. The number of amides is 1. The van der Waals surface area contributed by atoms with E-state index in [1.807, 2.05) is 26.0 Å². The molecule has 0 aliphatic rings. The minimum atomic E-state index is -0.646. The maximum absolute atomic E-state index is 12.0. The zero-order chi connectivity index (χ0) is 18.4. The number of hydrogen-bond donors (Lipinski definition) is 1. The molecule has 0 aliphatic heterocycles. The van der Waals surface area contributed by atoms with E-state index < -0.39 is 24.5 Å². The van der Waals surface area contributed by atoms with E-state index in [1.165, 1.54) is 31.4 Å². The van der Waals surface area contributed by atoms with Crippen molar-refractivity contribution in [3.8, 4) is 0 Å². The molecule has 1 amide bonds. The Morgan fingerprint density at radius 1 is 0.920 bits per heavy atom. The van der Waals surface area contributed by atoms with Gasteiger partial charge in [-0.25, -0.2) is 9.59 Å². The van der Waals surface area contributed by atoms with Crippen molar-refractivity contribution in [2.24, 2.45) is 0 Å². The van der Waals surface area contributed by atoms with Crippen LogP contribution < -0.4 is 5.32 Å². The number of esters is 2. The molecule has 1 N–H and O–H groups in total. The van der Waals surface area contributed by atoms with E-state index >= 15 is 0 Å². The van der Waals surface area contributed by atoms with Gasteiger partial charge in [0, 0.05) is 5.69 Å². The number of carbonyl (C=O) groups excluding carboxylic acids is 3. The van der Waals surface area contributed by atoms with Crippen LogP contribution in [0.1, 0.15) is 31.8 Å². The van der Waals surface area contributed by atoms with Crippen molar-refractivity contribution in [2.75, 3.05) is 19.0 Å². The van der Waals surface area contributed by atoms with Gasteiger partial charge < -0.3 is 14.8 Å². The van der Waals surface area contributed by atoms with E-state index in [9.17, 15) is 14.4 Å². The standard InChI is InChI=1S/C19H19NO5/c1-12-5-4-6-16(13(12)2)20-17(21)11-25-19(23)15-9-7-14(8-10-15)18(22)24-3/h4-10H,11H2,1-3H3,(H,20,21). The topological polar surface area (TPSA) is 81.7 Å². The first-order chi connectivity index (χ1) is 11.9. The van der Waals surface area contributed by atoms with Crippen LogP contribution in [0.2, 0.25) is 0 Å². The number of hydrogen-bond acceptors (Lipinski definition) is 5. The van der Waals surface area contributed by atoms with E-state index in [0.717, 1.165) is 11.1 Å².